The van der Waals surface area contributed by atoms with Crippen molar-refractivity contribution in [2.45, 2.75) is 6.54 Å². The van der Waals surface area contributed by atoms with E-state index in [1.807, 2.05) is 6.07 Å². The first-order valence-corrected chi connectivity index (χ1v) is 5.64. The van der Waals surface area contributed by atoms with Gasteiger partial charge in [0.15, 0.2) is 5.75 Å². The van der Waals surface area contributed by atoms with E-state index in [-0.39, 0.29) is 0 Å². The average Bonchev–Trinajstić information content (AvgIpc) is 2.47. The molecular weight excluding hydrogens is 212 g/mol. The molecule has 1 aromatic rings. The Hall–Kier alpha value is -0.930. The number of nitrogens with one attached hydrogen (secondary N) is 1. The number of benzene rings is 1. The van der Waals surface area contributed by atoms with Gasteiger partial charge in [0.1, 0.15) is 6.61 Å². The molecule has 0 spiro atoms. The molecule has 0 amide bonds. The number of rotatable bonds is 0. The number of nitrogens with zero attached hydrogens (tertiary/aromatic N) is 1. The Bertz CT molecular complexity index is 394. The van der Waals surface area contributed by atoms with E-state index in [4.69, 9.17) is 16.3 Å². The molecule has 3 nitrogen and oxygen atoms in total. The molecule has 2 heterocycles. The lowest BCUT2D eigenvalue weighted by atomic mass is 10.1. The van der Waals surface area contributed by atoms with Crippen LogP contribution in [0.15, 0.2) is 12.1 Å². The van der Waals surface area contributed by atoms with E-state index in [1.54, 1.807) is 0 Å². The largest absolute Gasteiger partial charge is 0.488 e. The highest BCUT2D eigenvalue weighted by Crippen LogP contribution is 2.41. The van der Waals surface area contributed by atoms with Crippen LogP contribution >= 0.6 is 11.6 Å². The van der Waals surface area contributed by atoms with Crippen molar-refractivity contribution in [3.05, 3.63) is 22.7 Å². The fourth-order valence-corrected chi connectivity index (χ4v) is 2.45. The minimum atomic E-state index is 0.723. The highest BCUT2D eigenvalue weighted by Gasteiger charge is 2.25. The second-order valence-electron chi connectivity index (χ2n) is 3.90. The van der Waals surface area contributed by atoms with Crippen molar-refractivity contribution < 1.29 is 4.74 Å². The summed E-state index contributed by atoms with van der Waals surface area (Å²) in [7, 11) is 0. The predicted octanol–water partition coefficient (Wildman–Crippen LogP) is 1.64. The maximum absolute atomic E-state index is 6.14. The molecule has 4 heteroatoms. The SMILES string of the molecule is Clc1ccc2c3c1OCCN3CCNC2. The highest BCUT2D eigenvalue weighted by molar-refractivity contribution is 6.32. The van der Waals surface area contributed by atoms with Crippen LogP contribution in [0, 0.1) is 0 Å². The molecule has 1 N–H and O–H groups in total. The maximum atomic E-state index is 6.14. The molecule has 1 aromatic carbocycles. The van der Waals surface area contributed by atoms with Crippen LogP contribution in [0.25, 0.3) is 0 Å². The molecule has 2 aliphatic heterocycles. The summed E-state index contributed by atoms with van der Waals surface area (Å²) in [6.45, 7) is 4.65. The Labute approximate surface area is 94.0 Å². The van der Waals surface area contributed by atoms with E-state index < -0.39 is 0 Å². The van der Waals surface area contributed by atoms with Gasteiger partial charge in [0.25, 0.3) is 0 Å². The lowest BCUT2D eigenvalue weighted by Crippen LogP contribution is -2.35. The van der Waals surface area contributed by atoms with Gasteiger partial charge < -0.3 is 15.0 Å². The summed E-state index contributed by atoms with van der Waals surface area (Å²) in [4.78, 5) is 2.36. The predicted molar refractivity (Wildman–Crippen MR) is 60.9 cm³/mol. The summed E-state index contributed by atoms with van der Waals surface area (Å²) in [6, 6.07) is 4.01. The van der Waals surface area contributed by atoms with Gasteiger partial charge in [0.2, 0.25) is 0 Å². The number of hydrogen-bond acceptors (Lipinski definition) is 3. The molecule has 0 atom stereocenters. The molecule has 0 saturated heterocycles. The third-order valence-corrected chi connectivity index (χ3v) is 3.26. The van der Waals surface area contributed by atoms with Gasteiger partial charge in [-0.1, -0.05) is 17.7 Å². The van der Waals surface area contributed by atoms with Gasteiger partial charge in [-0.15, -0.1) is 0 Å². The fourth-order valence-electron chi connectivity index (χ4n) is 2.24. The number of ether oxygens (including phenoxy) is 1. The molecule has 0 bridgehead atoms. The summed E-state index contributed by atoms with van der Waals surface area (Å²) >= 11 is 6.14. The molecule has 3 rings (SSSR count). The van der Waals surface area contributed by atoms with Crippen molar-refractivity contribution in [3.63, 3.8) is 0 Å². The Morgan fingerprint density at radius 2 is 2.27 bits per heavy atom. The standard InChI is InChI=1S/C11H13ClN2O/c12-9-2-1-8-7-13-3-4-14-5-6-15-11(9)10(8)14/h1-2,13H,3-7H2. The lowest BCUT2D eigenvalue weighted by Gasteiger charge is -2.31. The van der Waals surface area contributed by atoms with Crippen molar-refractivity contribution >= 4 is 17.3 Å². The van der Waals surface area contributed by atoms with Crippen molar-refractivity contribution in [2.75, 3.05) is 31.1 Å². The maximum Gasteiger partial charge on any atom is 0.161 e. The molecule has 0 aromatic heterocycles. The fraction of sp³-hybridized carbons (Fsp3) is 0.455. The quantitative estimate of drug-likeness (QED) is 0.725. The smallest absolute Gasteiger partial charge is 0.161 e. The second-order valence-corrected chi connectivity index (χ2v) is 4.30. The van der Waals surface area contributed by atoms with Crippen LogP contribution in [0.2, 0.25) is 5.02 Å². The molecule has 0 radical (unpaired) electrons. The Morgan fingerprint density at radius 3 is 3.20 bits per heavy atom. The highest BCUT2D eigenvalue weighted by atomic mass is 35.5. The zero-order valence-corrected chi connectivity index (χ0v) is 9.18. The average molecular weight is 225 g/mol. The minimum Gasteiger partial charge on any atom is -0.488 e. The van der Waals surface area contributed by atoms with Gasteiger partial charge in [-0.3, -0.25) is 0 Å². The van der Waals surface area contributed by atoms with E-state index >= 15 is 0 Å². The van der Waals surface area contributed by atoms with Crippen molar-refractivity contribution in [2.24, 2.45) is 0 Å². The van der Waals surface area contributed by atoms with Gasteiger partial charge in [-0.25, -0.2) is 0 Å². The van der Waals surface area contributed by atoms with Crippen LogP contribution in [-0.2, 0) is 6.54 Å². The monoisotopic (exact) mass is 224 g/mol. The summed E-state index contributed by atoms with van der Waals surface area (Å²) in [5.74, 6) is 0.865. The molecule has 80 valence electrons. The van der Waals surface area contributed by atoms with Crippen LogP contribution in [0.4, 0.5) is 5.69 Å². The molecule has 0 aliphatic carbocycles. The molecule has 0 saturated carbocycles. The Kier molecular flexibility index (Phi) is 2.22. The Balaban J connectivity index is 2.18. The number of anilines is 1. The van der Waals surface area contributed by atoms with Crippen LogP contribution in [0.5, 0.6) is 5.75 Å². The van der Waals surface area contributed by atoms with E-state index in [1.165, 1.54) is 11.3 Å². The third kappa shape index (κ3) is 1.46. The first kappa shape index (κ1) is 9.31. The zero-order valence-electron chi connectivity index (χ0n) is 8.42. The summed E-state index contributed by atoms with van der Waals surface area (Å²) in [6.07, 6.45) is 0. The number of hydrogen-bond donors (Lipinski definition) is 1. The van der Waals surface area contributed by atoms with Gasteiger partial charge in [-0.05, 0) is 11.6 Å². The lowest BCUT2D eigenvalue weighted by molar-refractivity contribution is 0.308. The van der Waals surface area contributed by atoms with E-state index in [0.717, 1.165) is 43.6 Å². The van der Waals surface area contributed by atoms with Crippen LogP contribution < -0.4 is 15.0 Å². The topological polar surface area (TPSA) is 24.5 Å². The summed E-state index contributed by atoms with van der Waals surface area (Å²) in [5, 5.41) is 4.12. The van der Waals surface area contributed by atoms with Crippen molar-refractivity contribution in [1.82, 2.24) is 5.32 Å². The molecule has 0 fully saturated rings. The summed E-state index contributed by atoms with van der Waals surface area (Å²) < 4.78 is 5.66. The van der Waals surface area contributed by atoms with Gasteiger partial charge in [0, 0.05) is 19.6 Å². The van der Waals surface area contributed by atoms with Crippen molar-refractivity contribution in [3.8, 4) is 5.75 Å². The van der Waals surface area contributed by atoms with Crippen LogP contribution in [0.1, 0.15) is 5.56 Å². The van der Waals surface area contributed by atoms with E-state index in [9.17, 15) is 0 Å². The van der Waals surface area contributed by atoms with Gasteiger partial charge in [-0.2, -0.15) is 0 Å². The summed E-state index contributed by atoms with van der Waals surface area (Å²) in [5.41, 5.74) is 2.48. The van der Waals surface area contributed by atoms with E-state index in [0.29, 0.717) is 0 Å². The molecule has 0 unspecified atom stereocenters. The Morgan fingerprint density at radius 1 is 1.33 bits per heavy atom. The minimum absolute atomic E-state index is 0.723. The van der Waals surface area contributed by atoms with Crippen molar-refractivity contribution in [1.29, 1.82) is 0 Å². The van der Waals surface area contributed by atoms with Crippen LogP contribution in [0.3, 0.4) is 0 Å². The first-order chi connectivity index (χ1) is 7.36. The van der Waals surface area contributed by atoms with Gasteiger partial charge >= 0.3 is 0 Å². The van der Waals surface area contributed by atoms with Crippen LogP contribution in [-0.4, -0.2) is 26.2 Å². The number of halogens is 1. The third-order valence-electron chi connectivity index (χ3n) is 2.96. The first-order valence-electron chi connectivity index (χ1n) is 5.26. The van der Waals surface area contributed by atoms with E-state index in [2.05, 4.69) is 16.3 Å². The zero-order chi connectivity index (χ0) is 10.3. The normalized spacial score (nSPS) is 19.1. The van der Waals surface area contributed by atoms with Gasteiger partial charge in [0.05, 0.1) is 17.3 Å². The molecule has 2 aliphatic rings. The molecule has 15 heavy (non-hydrogen) atoms. The molecular formula is C11H13ClN2O. The second kappa shape index (κ2) is 3.58.